The predicted octanol–water partition coefficient (Wildman–Crippen LogP) is 3.84. The smallest absolute Gasteiger partial charge is 0.436 e. The highest BCUT2D eigenvalue weighted by molar-refractivity contribution is 8.14. The number of nitrogens with zero attached hydrogens (tertiary/aromatic N) is 1. The van der Waals surface area contributed by atoms with E-state index in [9.17, 15) is 4.79 Å². The number of anilines is 1. The second kappa shape index (κ2) is 8.37. The van der Waals surface area contributed by atoms with E-state index in [1.54, 1.807) is 13.0 Å². The first-order chi connectivity index (χ1) is 9.17. The van der Waals surface area contributed by atoms with Gasteiger partial charge in [-0.25, -0.2) is 4.79 Å². The van der Waals surface area contributed by atoms with Crippen molar-refractivity contribution >= 4 is 28.7 Å². The molecule has 0 aromatic heterocycles. The molecule has 1 amide bonds. The minimum atomic E-state index is -0.588. The van der Waals surface area contributed by atoms with Gasteiger partial charge in [-0.05, 0) is 25.5 Å². The number of aliphatic imine (C=N–C) groups is 1. The van der Waals surface area contributed by atoms with Gasteiger partial charge in [0.1, 0.15) is 0 Å². The monoisotopic (exact) mass is 278 g/mol. The lowest BCUT2D eigenvalue weighted by Gasteiger charge is -2.10. The molecule has 1 rings (SSSR count). The number of para-hydroxylation sites is 1. The van der Waals surface area contributed by atoms with Gasteiger partial charge in [-0.15, -0.1) is 6.58 Å². The third kappa shape index (κ3) is 5.61. The summed E-state index contributed by atoms with van der Waals surface area (Å²) in [5, 5.41) is 3.64. The number of ether oxygens (including phenoxy) is 1. The van der Waals surface area contributed by atoms with Crippen LogP contribution in [0.2, 0.25) is 0 Å². The molecular weight excluding hydrogens is 260 g/mol. The maximum atomic E-state index is 11.4. The number of hydrogen-bond acceptors (Lipinski definition) is 3. The molecule has 0 heterocycles. The zero-order valence-electron chi connectivity index (χ0n) is 11.2. The molecule has 4 nitrogen and oxygen atoms in total. The second-order valence-corrected chi connectivity index (χ2v) is 4.66. The first-order valence-corrected chi connectivity index (χ1v) is 6.97. The number of hydrogen-bond donors (Lipinski definition) is 1. The average Bonchev–Trinajstić information content (AvgIpc) is 2.39. The van der Waals surface area contributed by atoms with Gasteiger partial charge in [-0.3, -0.25) is 0 Å². The molecule has 0 aliphatic rings. The highest BCUT2D eigenvalue weighted by Gasteiger charge is 2.06. The number of benzene rings is 1. The van der Waals surface area contributed by atoms with Crippen LogP contribution in [-0.2, 0) is 4.74 Å². The lowest BCUT2D eigenvalue weighted by Crippen LogP contribution is -2.12. The van der Waals surface area contributed by atoms with E-state index >= 15 is 0 Å². The summed E-state index contributed by atoms with van der Waals surface area (Å²) in [6, 6.07) is 7.81. The summed E-state index contributed by atoms with van der Waals surface area (Å²) >= 11 is 1.40. The maximum absolute atomic E-state index is 11.4. The number of thioether (sulfide) groups is 1. The van der Waals surface area contributed by atoms with Gasteiger partial charge in [0.15, 0.2) is 5.17 Å². The van der Waals surface area contributed by atoms with Gasteiger partial charge >= 0.3 is 6.09 Å². The summed E-state index contributed by atoms with van der Waals surface area (Å²) < 4.78 is 4.81. The van der Waals surface area contributed by atoms with Crippen LogP contribution in [0.4, 0.5) is 10.5 Å². The van der Waals surface area contributed by atoms with Gasteiger partial charge in [0.2, 0.25) is 0 Å². The Labute approximate surface area is 118 Å². The van der Waals surface area contributed by atoms with Crippen molar-refractivity contribution in [2.75, 3.05) is 17.7 Å². The van der Waals surface area contributed by atoms with Crippen LogP contribution in [0.5, 0.6) is 0 Å². The fraction of sp³-hybridized carbons (Fsp3) is 0.286. The molecule has 0 atom stereocenters. The minimum absolute atomic E-state index is 0.312. The van der Waals surface area contributed by atoms with E-state index in [0.29, 0.717) is 17.5 Å². The number of carbonyl (C=O) groups excluding carboxylic acids is 1. The molecule has 0 radical (unpaired) electrons. The third-order valence-electron chi connectivity index (χ3n) is 2.19. The Hall–Kier alpha value is -1.75. The summed E-state index contributed by atoms with van der Waals surface area (Å²) in [5.41, 5.74) is 2.00. The number of rotatable bonds is 4. The van der Waals surface area contributed by atoms with E-state index in [4.69, 9.17) is 4.74 Å². The van der Waals surface area contributed by atoms with Crippen molar-refractivity contribution in [3.05, 3.63) is 42.5 Å². The van der Waals surface area contributed by atoms with Crippen molar-refractivity contribution < 1.29 is 9.53 Å². The molecule has 0 aliphatic heterocycles. The second-order valence-electron chi connectivity index (χ2n) is 3.66. The van der Waals surface area contributed by atoms with E-state index in [1.165, 1.54) is 11.8 Å². The van der Waals surface area contributed by atoms with Gasteiger partial charge in [-0.1, -0.05) is 36.0 Å². The molecule has 1 N–H and O–H groups in total. The van der Waals surface area contributed by atoms with Crippen LogP contribution in [0, 0.1) is 6.92 Å². The zero-order valence-corrected chi connectivity index (χ0v) is 12.0. The Morgan fingerprint density at radius 2 is 2.26 bits per heavy atom. The highest BCUT2D eigenvalue weighted by Crippen LogP contribution is 2.16. The topological polar surface area (TPSA) is 50.7 Å². The van der Waals surface area contributed by atoms with E-state index in [2.05, 4.69) is 16.9 Å². The van der Waals surface area contributed by atoms with E-state index < -0.39 is 6.09 Å². The number of aryl methyl sites for hydroxylation is 1. The Morgan fingerprint density at radius 3 is 2.89 bits per heavy atom. The van der Waals surface area contributed by atoms with Crippen LogP contribution in [-0.4, -0.2) is 23.6 Å². The molecule has 5 heteroatoms. The van der Waals surface area contributed by atoms with E-state index in [-0.39, 0.29) is 0 Å². The highest BCUT2D eigenvalue weighted by atomic mass is 32.2. The zero-order chi connectivity index (χ0) is 14.1. The quantitative estimate of drug-likeness (QED) is 0.516. The number of amidine groups is 1. The predicted molar refractivity (Wildman–Crippen MR) is 81.9 cm³/mol. The van der Waals surface area contributed by atoms with Gasteiger partial charge in [0.05, 0.1) is 6.61 Å². The van der Waals surface area contributed by atoms with Crippen LogP contribution >= 0.6 is 11.8 Å². The molecule has 0 aliphatic carbocycles. The van der Waals surface area contributed by atoms with Crippen molar-refractivity contribution in [2.45, 2.75) is 13.8 Å². The lowest BCUT2D eigenvalue weighted by atomic mass is 10.2. The lowest BCUT2D eigenvalue weighted by molar-refractivity contribution is 0.163. The van der Waals surface area contributed by atoms with Crippen molar-refractivity contribution in [2.24, 2.45) is 4.99 Å². The Morgan fingerprint density at radius 1 is 1.53 bits per heavy atom. The van der Waals surface area contributed by atoms with Crippen LogP contribution in [0.3, 0.4) is 0 Å². The summed E-state index contributed by atoms with van der Waals surface area (Å²) in [6.45, 7) is 7.70. The van der Waals surface area contributed by atoms with Crippen LogP contribution in [0.1, 0.15) is 12.5 Å². The van der Waals surface area contributed by atoms with Gasteiger partial charge in [-0.2, -0.15) is 4.99 Å². The van der Waals surface area contributed by atoms with Crippen LogP contribution in [0.25, 0.3) is 0 Å². The fourth-order valence-corrected chi connectivity index (χ4v) is 1.90. The normalized spacial score (nSPS) is 10.9. The summed E-state index contributed by atoms with van der Waals surface area (Å²) in [4.78, 5) is 15.3. The van der Waals surface area contributed by atoms with E-state index in [0.717, 1.165) is 11.3 Å². The molecule has 0 spiro atoms. The molecule has 0 saturated carbocycles. The summed E-state index contributed by atoms with van der Waals surface area (Å²) in [7, 11) is 0. The van der Waals surface area contributed by atoms with Crippen molar-refractivity contribution in [1.29, 1.82) is 0 Å². The molecule has 1 aromatic rings. The number of nitrogens with one attached hydrogen (secondary N) is 1. The Kier molecular flexibility index (Phi) is 6.74. The summed E-state index contributed by atoms with van der Waals surface area (Å²) in [5.74, 6) is 0.664. The molecule has 102 valence electrons. The van der Waals surface area contributed by atoms with Crippen LogP contribution < -0.4 is 5.32 Å². The number of amides is 1. The van der Waals surface area contributed by atoms with Crippen molar-refractivity contribution in [3.8, 4) is 0 Å². The summed E-state index contributed by atoms with van der Waals surface area (Å²) in [6.07, 6.45) is 1.17. The molecular formula is C14H18N2O2S. The molecule has 0 bridgehead atoms. The number of carbonyl (C=O) groups is 1. The Bertz CT molecular complexity index is 472. The van der Waals surface area contributed by atoms with Gasteiger partial charge in [0.25, 0.3) is 0 Å². The first kappa shape index (κ1) is 15.3. The third-order valence-corrected chi connectivity index (χ3v) is 3.05. The molecule has 1 aromatic carbocycles. The van der Waals surface area contributed by atoms with Crippen molar-refractivity contribution in [1.82, 2.24) is 0 Å². The fourth-order valence-electron chi connectivity index (χ4n) is 1.30. The molecule has 0 saturated heterocycles. The molecule has 0 fully saturated rings. The molecule has 0 unspecified atom stereocenters. The maximum Gasteiger partial charge on any atom is 0.436 e. The largest absolute Gasteiger partial charge is 0.448 e. The van der Waals surface area contributed by atoms with E-state index in [1.807, 2.05) is 31.2 Å². The standard InChI is InChI=1S/C14H18N2O2S/c1-4-10-19-13(16-14(17)18-5-2)15-12-9-7-6-8-11(12)3/h4,6-9H,1,5,10H2,2-3H3,(H,15,16,17). The average molecular weight is 278 g/mol. The minimum Gasteiger partial charge on any atom is -0.448 e. The van der Waals surface area contributed by atoms with Gasteiger partial charge in [0, 0.05) is 11.4 Å². The first-order valence-electron chi connectivity index (χ1n) is 5.99. The van der Waals surface area contributed by atoms with Crippen molar-refractivity contribution in [3.63, 3.8) is 0 Å². The van der Waals surface area contributed by atoms with Crippen LogP contribution in [0.15, 0.2) is 41.9 Å². The van der Waals surface area contributed by atoms with Gasteiger partial charge < -0.3 is 10.1 Å². The SMILES string of the molecule is C=CCS/C(=N\C(=O)OCC)Nc1ccccc1C. The Balaban J connectivity index is 2.82. The molecule has 19 heavy (non-hydrogen) atoms.